The molecular weight excluding hydrogens is 600 g/mol. The fraction of sp³-hybridized carbons (Fsp3) is 0.514. The van der Waals surface area contributed by atoms with Gasteiger partial charge in [-0.25, -0.2) is 0 Å². The molecule has 11 heteroatoms. The highest BCUT2D eigenvalue weighted by Crippen LogP contribution is 2.60. The molecule has 6 rings (SSSR count). The van der Waals surface area contributed by atoms with Crippen molar-refractivity contribution < 1.29 is 29.0 Å². The van der Waals surface area contributed by atoms with Crippen LogP contribution in [0.5, 0.6) is 0 Å². The fourth-order valence-electron chi connectivity index (χ4n) is 8.32. The molecule has 4 aliphatic heterocycles. The van der Waals surface area contributed by atoms with Crippen LogP contribution in [-0.2, 0) is 37.7 Å². The Balaban J connectivity index is 1.34. The van der Waals surface area contributed by atoms with Gasteiger partial charge in [0.25, 0.3) is 5.91 Å². The second-order valence-electron chi connectivity index (χ2n) is 13.9. The van der Waals surface area contributed by atoms with Crippen LogP contribution in [0.4, 0.5) is 11.4 Å². The summed E-state index contributed by atoms with van der Waals surface area (Å²) in [5, 5.41) is 16.6. The van der Waals surface area contributed by atoms with E-state index in [0.717, 1.165) is 30.5 Å². The highest BCUT2D eigenvalue weighted by Gasteiger charge is 2.66. The van der Waals surface area contributed by atoms with Gasteiger partial charge in [-0.3, -0.25) is 14.4 Å². The number of nitrogens with zero attached hydrogens (tertiary/aromatic N) is 2. The number of fused-ring (bicyclic) bond motifs is 3. The Morgan fingerprint density at radius 3 is 2.65 bits per heavy atom. The van der Waals surface area contributed by atoms with Crippen molar-refractivity contribution >= 4 is 37.4 Å². The predicted octanol–water partition coefficient (Wildman–Crippen LogP) is 3.29. The van der Waals surface area contributed by atoms with Crippen molar-refractivity contribution in [3.63, 3.8) is 0 Å². The van der Waals surface area contributed by atoms with Gasteiger partial charge in [-0.2, -0.15) is 0 Å². The monoisotopic (exact) mass is 646 g/mol. The number of carbonyl (C=O) groups is 3. The largest absolute Gasteiger partial charge is 0.432 e. The van der Waals surface area contributed by atoms with Crippen molar-refractivity contribution in [3.8, 4) is 0 Å². The van der Waals surface area contributed by atoms with E-state index in [4.69, 9.17) is 4.74 Å². The molecule has 2 saturated heterocycles. The zero-order valence-corrected chi connectivity index (χ0v) is 28.0. The Bertz CT molecular complexity index is 1520. The number of carbonyl (C=O) groups excluding carboxylic acids is 3. The predicted molar refractivity (Wildman–Crippen MR) is 179 cm³/mol. The smallest absolute Gasteiger partial charge is 0.264 e. The molecule has 0 aromatic heterocycles. The average Bonchev–Trinajstić information content (AvgIpc) is 3.46. The summed E-state index contributed by atoms with van der Waals surface area (Å²) in [5.41, 5.74) is 2.16. The minimum atomic E-state index is -3.01. The van der Waals surface area contributed by atoms with Gasteiger partial charge in [0.2, 0.25) is 11.8 Å². The van der Waals surface area contributed by atoms with E-state index < -0.39 is 31.5 Å². The normalized spacial score (nSPS) is 29.1. The molecule has 1 spiro atoms. The van der Waals surface area contributed by atoms with Gasteiger partial charge in [0, 0.05) is 42.3 Å². The Kier molecular flexibility index (Phi) is 8.99. The minimum absolute atomic E-state index is 0.0262. The van der Waals surface area contributed by atoms with E-state index in [1.165, 1.54) is 0 Å². The van der Waals surface area contributed by atoms with E-state index in [9.17, 15) is 24.3 Å². The van der Waals surface area contributed by atoms with Gasteiger partial charge in [0.15, 0.2) is 13.9 Å². The summed E-state index contributed by atoms with van der Waals surface area (Å²) in [4.78, 5) is 56.7. The van der Waals surface area contributed by atoms with E-state index in [0.29, 0.717) is 36.4 Å². The zero-order valence-electron chi connectivity index (χ0n) is 27.0. The molecule has 0 saturated carbocycles. The number of ether oxygens (including phenoxy) is 1. The Labute approximate surface area is 271 Å². The molecule has 1 unspecified atom stereocenters. The van der Waals surface area contributed by atoms with Gasteiger partial charge < -0.3 is 35.1 Å². The molecule has 6 atom stereocenters. The number of benzene rings is 2. The van der Waals surface area contributed by atoms with Crippen LogP contribution in [0.15, 0.2) is 55.1 Å². The summed E-state index contributed by atoms with van der Waals surface area (Å²) >= 11 is 0. The number of rotatable bonds is 8. The molecule has 4 heterocycles. The minimum Gasteiger partial charge on any atom is -0.432 e. The number of nitrogens with one attached hydrogen (secondary N) is 2. The summed E-state index contributed by atoms with van der Waals surface area (Å²) in [6, 6.07) is 13.1. The summed E-state index contributed by atoms with van der Waals surface area (Å²) in [7, 11) is -3.01. The van der Waals surface area contributed by atoms with Gasteiger partial charge in [-0.05, 0) is 68.2 Å². The van der Waals surface area contributed by atoms with E-state index in [2.05, 4.69) is 17.2 Å². The maximum absolute atomic E-state index is 14.5. The molecule has 4 aliphatic rings. The lowest BCUT2D eigenvalue weighted by molar-refractivity contribution is -0.150. The van der Waals surface area contributed by atoms with Crippen molar-refractivity contribution in [3.05, 3.63) is 71.8 Å². The molecule has 2 aromatic carbocycles. The fourth-order valence-corrected chi connectivity index (χ4v) is 10.9. The van der Waals surface area contributed by atoms with Gasteiger partial charge in [0.05, 0.1) is 36.8 Å². The van der Waals surface area contributed by atoms with Crippen LogP contribution in [0, 0.1) is 11.8 Å². The van der Waals surface area contributed by atoms with E-state index in [-0.39, 0.29) is 49.3 Å². The Morgan fingerprint density at radius 2 is 1.98 bits per heavy atom. The highest BCUT2D eigenvalue weighted by molar-refractivity contribution is 6.71. The Morgan fingerprint density at radius 1 is 1.22 bits per heavy atom. The van der Waals surface area contributed by atoms with Gasteiger partial charge >= 0.3 is 0 Å². The van der Waals surface area contributed by atoms with E-state index in [1.807, 2.05) is 56.4 Å². The third-order valence-electron chi connectivity index (χ3n) is 10.5. The summed E-state index contributed by atoms with van der Waals surface area (Å²) in [6.45, 7) is 11.5. The average molecular weight is 647 g/mol. The molecule has 0 bridgehead atoms. The lowest BCUT2D eigenvalue weighted by atomic mass is 9.82. The van der Waals surface area contributed by atoms with Gasteiger partial charge in [-0.1, -0.05) is 37.3 Å². The van der Waals surface area contributed by atoms with Crippen molar-refractivity contribution in [1.29, 1.82) is 0 Å². The molecule has 3 amide bonds. The lowest BCUT2D eigenvalue weighted by Crippen LogP contribution is -2.48. The van der Waals surface area contributed by atoms with Crippen LogP contribution >= 0.6 is 0 Å². The van der Waals surface area contributed by atoms with Crippen LogP contribution in [0.3, 0.4) is 0 Å². The molecule has 0 aliphatic carbocycles. The van der Waals surface area contributed by atoms with Crippen molar-refractivity contribution in [2.45, 2.75) is 75.5 Å². The van der Waals surface area contributed by atoms with Crippen molar-refractivity contribution in [2.75, 3.05) is 36.5 Å². The van der Waals surface area contributed by atoms with Gasteiger partial charge in [-0.15, -0.1) is 6.58 Å². The van der Waals surface area contributed by atoms with Crippen molar-refractivity contribution in [1.82, 2.24) is 10.2 Å². The van der Waals surface area contributed by atoms with E-state index >= 15 is 0 Å². The molecule has 0 radical (unpaired) electrons. The van der Waals surface area contributed by atoms with E-state index in [1.54, 1.807) is 21.9 Å². The third kappa shape index (κ3) is 5.62. The summed E-state index contributed by atoms with van der Waals surface area (Å²) in [5.74, 6) is -1.10. The standard InChI is InChI=1S/C35H46N4O6Si/c1-5-15-38-29-13-12-26(37-33(42)24-11-8-14-36-19-24)17-28(29)35(34(38)43)22(2)32(46(3,4)44)30(45-35)18-31(41)39-20-25-10-7-6-9-23(25)16-27(39)21-40/h5-7,9-10,12-13,17,22,24,27,30,32,36,40,44H,1,8,11,14-16,18-21H2,2-4H3,(H,37,42)/t22-,24?,27+,30+,32-,35+/m1/s1. The number of hydrogen-bond donors (Lipinski definition) is 4. The maximum Gasteiger partial charge on any atom is 0.264 e. The molecule has 46 heavy (non-hydrogen) atoms. The van der Waals surface area contributed by atoms with Crippen LogP contribution in [0.25, 0.3) is 0 Å². The molecule has 2 aromatic rings. The Hall–Kier alpha value is -3.35. The first-order valence-corrected chi connectivity index (χ1v) is 19.5. The van der Waals surface area contributed by atoms with Crippen LogP contribution in [0.1, 0.15) is 42.9 Å². The molecular formula is C35H46N4O6Si. The number of anilines is 2. The molecule has 2 fully saturated rings. The number of amides is 3. The highest BCUT2D eigenvalue weighted by atomic mass is 28.4. The summed E-state index contributed by atoms with van der Waals surface area (Å²) < 4.78 is 6.87. The quantitative estimate of drug-likeness (QED) is 0.256. The number of hydrogen-bond acceptors (Lipinski definition) is 7. The second-order valence-corrected chi connectivity index (χ2v) is 17.8. The molecule has 4 N–H and O–H groups in total. The van der Waals surface area contributed by atoms with Crippen molar-refractivity contribution in [2.24, 2.45) is 11.8 Å². The number of aliphatic hydroxyl groups is 1. The first kappa shape index (κ1) is 32.6. The number of piperidine rings is 1. The van der Waals surface area contributed by atoms with Crippen LogP contribution in [0.2, 0.25) is 18.6 Å². The van der Waals surface area contributed by atoms with Gasteiger partial charge in [0.1, 0.15) is 0 Å². The molecule has 246 valence electrons. The first-order chi connectivity index (χ1) is 22.0. The number of aliphatic hydroxyl groups excluding tert-OH is 1. The zero-order chi connectivity index (χ0) is 32.8. The third-order valence-corrected chi connectivity index (χ3v) is 13.0. The van der Waals surface area contributed by atoms with Crippen LogP contribution in [-0.4, -0.2) is 79.2 Å². The summed E-state index contributed by atoms with van der Waals surface area (Å²) in [6.07, 6.45) is 3.22. The topological polar surface area (TPSA) is 131 Å². The first-order valence-electron chi connectivity index (χ1n) is 16.5. The molecule has 10 nitrogen and oxygen atoms in total. The lowest BCUT2D eigenvalue weighted by Gasteiger charge is -2.37. The maximum atomic E-state index is 14.5. The SMILES string of the molecule is C=CCN1C(=O)[C@@]2(O[C@@H](CC(=O)N3Cc4ccccc4C[C@H]3CO)[C@H]([Si](C)(C)O)[C@H]2C)c2cc(NC(=O)C3CCCNC3)ccc21. The van der Waals surface area contributed by atoms with Crippen LogP contribution < -0.4 is 15.5 Å². The second kappa shape index (κ2) is 12.7.